The molecule has 1 amide bonds. The molecule has 8 nitrogen and oxygen atoms in total. The number of nitrogens with zero attached hydrogens (tertiary/aromatic N) is 3. The van der Waals surface area contributed by atoms with E-state index in [2.05, 4.69) is 32.8 Å². The number of carboxylic acids is 1. The van der Waals surface area contributed by atoms with Crippen molar-refractivity contribution in [2.75, 3.05) is 23.7 Å². The Morgan fingerprint density at radius 1 is 1.12 bits per heavy atom. The van der Waals surface area contributed by atoms with Crippen molar-refractivity contribution in [3.8, 4) is 0 Å². The van der Waals surface area contributed by atoms with Crippen LogP contribution < -0.4 is 10.6 Å². The van der Waals surface area contributed by atoms with Crippen molar-refractivity contribution in [1.29, 1.82) is 0 Å². The van der Waals surface area contributed by atoms with E-state index < -0.39 is 5.97 Å². The zero-order chi connectivity index (χ0) is 22.9. The molecule has 3 aromatic rings. The van der Waals surface area contributed by atoms with Crippen LogP contribution in [0.1, 0.15) is 39.9 Å². The summed E-state index contributed by atoms with van der Waals surface area (Å²) >= 11 is 0. The summed E-state index contributed by atoms with van der Waals surface area (Å²) in [4.78, 5) is 27.0. The molecule has 2 aliphatic heterocycles. The van der Waals surface area contributed by atoms with E-state index in [1.165, 1.54) is 30.5 Å². The highest BCUT2D eigenvalue weighted by Gasteiger charge is 2.30. The van der Waals surface area contributed by atoms with E-state index in [1.54, 1.807) is 16.9 Å². The lowest BCUT2D eigenvalue weighted by Gasteiger charge is -2.16. The summed E-state index contributed by atoms with van der Waals surface area (Å²) in [6.07, 6.45) is 6.02. The summed E-state index contributed by atoms with van der Waals surface area (Å²) in [5, 5.41) is 19.9. The van der Waals surface area contributed by atoms with E-state index in [4.69, 9.17) is 0 Å². The zero-order valence-corrected chi connectivity index (χ0v) is 18.3. The van der Waals surface area contributed by atoms with Crippen molar-refractivity contribution >= 4 is 34.5 Å². The predicted molar refractivity (Wildman–Crippen MR) is 127 cm³/mol. The van der Waals surface area contributed by atoms with Gasteiger partial charge in [-0.05, 0) is 61.8 Å². The lowest BCUT2D eigenvalue weighted by atomic mass is 9.99. The molecule has 0 saturated carbocycles. The second-order valence-corrected chi connectivity index (χ2v) is 8.48. The Balaban J connectivity index is 1.53. The maximum atomic E-state index is 13.0. The van der Waals surface area contributed by atoms with Crippen LogP contribution in [-0.2, 0) is 18.4 Å². The summed E-state index contributed by atoms with van der Waals surface area (Å²) in [5.74, 6) is -1.33. The number of benzene rings is 2. The van der Waals surface area contributed by atoms with E-state index in [0.29, 0.717) is 22.5 Å². The molecule has 33 heavy (non-hydrogen) atoms. The smallest absolute Gasteiger partial charge is 0.335 e. The Morgan fingerprint density at radius 3 is 2.55 bits per heavy atom. The van der Waals surface area contributed by atoms with E-state index in [-0.39, 0.29) is 11.5 Å². The molecule has 0 atom stereocenters. The first kappa shape index (κ1) is 21.0. The van der Waals surface area contributed by atoms with Crippen molar-refractivity contribution in [2.45, 2.75) is 19.4 Å². The zero-order valence-electron chi connectivity index (χ0n) is 18.3. The monoisotopic (exact) mass is 443 g/mol. The Hall–Kier alpha value is -3.91. The molecule has 3 heterocycles. The van der Waals surface area contributed by atoms with Crippen molar-refractivity contribution in [2.24, 2.45) is 7.05 Å². The normalized spacial score (nSPS) is 17.1. The van der Waals surface area contributed by atoms with E-state index >= 15 is 0 Å². The number of nitrogens with one attached hydrogen (secondary N) is 2. The van der Waals surface area contributed by atoms with Crippen LogP contribution in [0.3, 0.4) is 0 Å². The van der Waals surface area contributed by atoms with Gasteiger partial charge in [0.05, 0.1) is 23.0 Å². The van der Waals surface area contributed by atoms with Gasteiger partial charge in [-0.25, -0.2) is 4.79 Å². The highest BCUT2D eigenvalue weighted by molar-refractivity contribution is 6.37. The number of fused-ring (bicyclic) bond motifs is 1. The molecule has 1 aromatic heterocycles. The lowest BCUT2D eigenvalue weighted by molar-refractivity contribution is -0.110. The topological polar surface area (TPSA) is 99.5 Å². The molecule has 2 aromatic carbocycles. The average molecular weight is 444 g/mol. The number of carbonyl (C=O) groups excluding carboxylic acids is 1. The van der Waals surface area contributed by atoms with E-state index in [1.807, 2.05) is 25.4 Å². The maximum Gasteiger partial charge on any atom is 0.335 e. The van der Waals surface area contributed by atoms with Gasteiger partial charge in [0.2, 0.25) is 0 Å². The number of rotatable bonds is 6. The summed E-state index contributed by atoms with van der Waals surface area (Å²) < 4.78 is 1.66. The Labute approximate surface area is 191 Å². The number of carbonyl (C=O) groups is 2. The predicted octanol–water partition coefficient (Wildman–Crippen LogP) is 3.65. The van der Waals surface area contributed by atoms with Crippen LogP contribution in [0, 0.1) is 0 Å². The van der Waals surface area contributed by atoms with Crippen molar-refractivity contribution < 1.29 is 14.7 Å². The van der Waals surface area contributed by atoms with Gasteiger partial charge in [-0.2, -0.15) is 5.10 Å². The number of hydrogen-bond acceptors (Lipinski definition) is 5. The van der Waals surface area contributed by atoms with Crippen molar-refractivity contribution in [1.82, 2.24) is 14.7 Å². The van der Waals surface area contributed by atoms with Gasteiger partial charge in [0, 0.05) is 42.3 Å². The van der Waals surface area contributed by atoms with Crippen LogP contribution >= 0.6 is 0 Å². The second kappa shape index (κ2) is 8.55. The minimum Gasteiger partial charge on any atom is -0.478 e. The maximum absolute atomic E-state index is 13.0. The van der Waals surface area contributed by atoms with Crippen LogP contribution in [-0.4, -0.2) is 44.8 Å². The van der Waals surface area contributed by atoms with Gasteiger partial charge in [0.1, 0.15) is 0 Å². The Bertz CT molecular complexity index is 1250. The fourth-order valence-corrected chi connectivity index (χ4v) is 4.41. The molecule has 0 radical (unpaired) electrons. The molecular formula is C25H25N5O3. The fraction of sp³-hybridized carbons (Fsp3) is 0.240. The molecule has 5 rings (SSSR count). The molecule has 168 valence electrons. The van der Waals surface area contributed by atoms with Crippen LogP contribution in [0.5, 0.6) is 0 Å². The van der Waals surface area contributed by atoms with Gasteiger partial charge in [-0.3, -0.25) is 14.4 Å². The van der Waals surface area contributed by atoms with Gasteiger partial charge in [0.15, 0.2) is 0 Å². The largest absolute Gasteiger partial charge is 0.478 e. The van der Waals surface area contributed by atoms with Crippen LogP contribution in [0.4, 0.5) is 11.4 Å². The standard InChI is InChI=1S/C25H25N5O3/c1-29-15-18(13-26-29)23(22-20-12-17(25(32)33)6-9-21(20)28-24(22)31)27-19-7-4-16(5-8-19)14-30-10-2-3-11-30/h4-9,12-13,15,27H,2-3,10-11,14H2,1H3,(H,28,31)(H,32,33)/b23-22-. The quantitative estimate of drug-likeness (QED) is 0.503. The molecule has 1 saturated heterocycles. The molecule has 2 aliphatic rings. The van der Waals surface area contributed by atoms with Crippen LogP contribution in [0.25, 0.3) is 11.3 Å². The fourth-order valence-electron chi connectivity index (χ4n) is 4.41. The number of aryl methyl sites for hydroxylation is 1. The third-order valence-electron chi connectivity index (χ3n) is 6.08. The van der Waals surface area contributed by atoms with Gasteiger partial charge < -0.3 is 15.7 Å². The van der Waals surface area contributed by atoms with Gasteiger partial charge in [-0.1, -0.05) is 12.1 Å². The SMILES string of the molecule is Cn1cc(/C(Nc2ccc(CN3CCCC3)cc2)=C2/C(=O)Nc3ccc(C(=O)O)cc32)cn1. The first-order valence-electron chi connectivity index (χ1n) is 11.0. The van der Waals surface area contributed by atoms with Crippen molar-refractivity contribution in [3.05, 3.63) is 77.1 Å². The summed E-state index contributed by atoms with van der Waals surface area (Å²) in [7, 11) is 1.81. The average Bonchev–Trinajstić information content (AvgIpc) is 3.53. The molecule has 1 fully saturated rings. The highest BCUT2D eigenvalue weighted by Crippen LogP contribution is 2.38. The molecule has 0 spiro atoms. The molecule has 8 heteroatoms. The lowest BCUT2D eigenvalue weighted by Crippen LogP contribution is -2.18. The van der Waals surface area contributed by atoms with Crippen molar-refractivity contribution in [3.63, 3.8) is 0 Å². The Kier molecular flexibility index (Phi) is 5.43. The number of aromatic carboxylic acids is 1. The number of aromatic nitrogens is 2. The molecule has 3 N–H and O–H groups in total. The summed E-state index contributed by atoms with van der Waals surface area (Å²) in [5.41, 5.74) is 5.05. The first-order valence-corrected chi connectivity index (χ1v) is 11.0. The van der Waals surface area contributed by atoms with Crippen LogP contribution in [0.15, 0.2) is 54.9 Å². The minimum atomic E-state index is -1.04. The van der Waals surface area contributed by atoms with Gasteiger partial charge in [-0.15, -0.1) is 0 Å². The van der Waals surface area contributed by atoms with Crippen LogP contribution in [0.2, 0.25) is 0 Å². The molecular weight excluding hydrogens is 418 g/mol. The molecule has 0 bridgehead atoms. The number of likely N-dealkylation sites (tertiary alicyclic amines) is 1. The van der Waals surface area contributed by atoms with E-state index in [0.717, 1.165) is 30.9 Å². The number of hydrogen-bond donors (Lipinski definition) is 3. The third kappa shape index (κ3) is 4.25. The third-order valence-corrected chi connectivity index (χ3v) is 6.08. The summed E-state index contributed by atoms with van der Waals surface area (Å²) in [6, 6.07) is 12.8. The van der Waals surface area contributed by atoms with E-state index in [9.17, 15) is 14.7 Å². The number of carboxylic acid groups (broad SMARTS) is 1. The van der Waals surface area contributed by atoms with Gasteiger partial charge in [0.25, 0.3) is 5.91 Å². The molecule has 0 aliphatic carbocycles. The summed E-state index contributed by atoms with van der Waals surface area (Å²) in [6.45, 7) is 3.22. The first-order chi connectivity index (χ1) is 16.0. The number of anilines is 2. The highest BCUT2D eigenvalue weighted by atomic mass is 16.4. The van der Waals surface area contributed by atoms with Gasteiger partial charge >= 0.3 is 5.97 Å². The number of amides is 1. The molecule has 0 unspecified atom stereocenters. The second-order valence-electron chi connectivity index (χ2n) is 8.48. The Morgan fingerprint density at radius 2 is 1.88 bits per heavy atom. The minimum absolute atomic E-state index is 0.125.